The lowest BCUT2D eigenvalue weighted by molar-refractivity contribution is -0.0261. The number of benzene rings is 1. The van der Waals surface area contributed by atoms with Crippen molar-refractivity contribution in [2.45, 2.75) is 25.0 Å². The molecule has 0 radical (unpaired) electrons. The summed E-state index contributed by atoms with van der Waals surface area (Å²) in [5.74, 6) is -0.604. The monoisotopic (exact) mass is 383 g/mol. The molecule has 7 heteroatoms. The van der Waals surface area contributed by atoms with Crippen molar-refractivity contribution in [2.24, 2.45) is 7.05 Å². The molecule has 3 aromatic rings. The summed E-state index contributed by atoms with van der Waals surface area (Å²) < 4.78 is 20.3. The Morgan fingerprint density at radius 2 is 2.14 bits per heavy atom. The van der Waals surface area contributed by atoms with Gasteiger partial charge in [0.1, 0.15) is 17.2 Å². The lowest BCUT2D eigenvalue weighted by atomic mass is 10.0. The Hall–Kier alpha value is -2.77. The third-order valence-electron chi connectivity index (χ3n) is 5.11. The first-order valence-corrected chi connectivity index (χ1v) is 9.27. The van der Waals surface area contributed by atoms with E-state index in [9.17, 15) is 14.3 Å². The number of fused-ring (bicyclic) bond motifs is 1. The van der Waals surface area contributed by atoms with E-state index in [4.69, 9.17) is 4.74 Å². The number of hydrogen-bond acceptors (Lipinski definition) is 4. The maximum absolute atomic E-state index is 13.2. The number of rotatable bonds is 4. The van der Waals surface area contributed by atoms with Crippen molar-refractivity contribution in [2.75, 3.05) is 13.2 Å². The number of carbonyl (C=O) groups excluding carboxylic acids is 1. The summed E-state index contributed by atoms with van der Waals surface area (Å²) in [5.41, 5.74) is 2.89. The molecule has 1 fully saturated rings. The Labute approximate surface area is 162 Å². The zero-order valence-corrected chi connectivity index (χ0v) is 15.6. The highest BCUT2D eigenvalue weighted by Gasteiger charge is 2.26. The van der Waals surface area contributed by atoms with Crippen LogP contribution in [0.15, 0.2) is 42.6 Å². The van der Waals surface area contributed by atoms with Gasteiger partial charge in [0.2, 0.25) is 0 Å². The van der Waals surface area contributed by atoms with Gasteiger partial charge in [0.05, 0.1) is 18.8 Å². The molecule has 4 rings (SSSR count). The Balaban J connectivity index is 1.65. The van der Waals surface area contributed by atoms with Crippen LogP contribution in [-0.4, -0.2) is 45.9 Å². The van der Waals surface area contributed by atoms with Crippen molar-refractivity contribution >= 4 is 16.9 Å². The van der Waals surface area contributed by atoms with Crippen LogP contribution in [0.5, 0.6) is 0 Å². The van der Waals surface area contributed by atoms with E-state index in [2.05, 4.69) is 10.3 Å². The summed E-state index contributed by atoms with van der Waals surface area (Å²) in [4.78, 5) is 17.3. The number of nitrogens with one attached hydrogen (secondary N) is 1. The fourth-order valence-corrected chi connectivity index (χ4v) is 3.52. The molecule has 146 valence electrons. The molecule has 0 aliphatic carbocycles. The van der Waals surface area contributed by atoms with E-state index in [1.54, 1.807) is 18.2 Å². The van der Waals surface area contributed by atoms with Crippen LogP contribution < -0.4 is 5.32 Å². The quantitative estimate of drug-likeness (QED) is 0.724. The number of halogens is 1. The van der Waals surface area contributed by atoms with Gasteiger partial charge in [-0.3, -0.25) is 4.79 Å². The van der Waals surface area contributed by atoms with Crippen molar-refractivity contribution in [3.05, 3.63) is 65.2 Å². The molecule has 0 spiro atoms. The largest absolute Gasteiger partial charge is 0.389 e. The highest BCUT2D eigenvalue weighted by atomic mass is 19.1. The predicted molar refractivity (Wildman–Crippen MR) is 103 cm³/mol. The minimum atomic E-state index is -0.727. The molecule has 2 aromatic heterocycles. The van der Waals surface area contributed by atoms with Crippen LogP contribution in [0.3, 0.4) is 0 Å². The summed E-state index contributed by atoms with van der Waals surface area (Å²) in [7, 11) is 1.88. The predicted octanol–water partition coefficient (Wildman–Crippen LogP) is 2.18. The van der Waals surface area contributed by atoms with E-state index in [1.807, 2.05) is 23.9 Å². The number of aliphatic hydroxyl groups is 1. The number of ether oxygens (including phenoxy) is 1. The number of pyridine rings is 1. The van der Waals surface area contributed by atoms with Gasteiger partial charge in [-0.1, -0.05) is 12.1 Å². The summed E-state index contributed by atoms with van der Waals surface area (Å²) in [6.45, 7) is 0.715. The second kappa shape index (κ2) is 7.69. The number of carbonyl (C=O) groups is 1. The third kappa shape index (κ3) is 3.76. The SMILES string of the molecule is Cn1ccc2c(Cc3ccc(F)cc3)cc(C(=O)NC3CCOCC3O)nc21. The van der Waals surface area contributed by atoms with E-state index >= 15 is 0 Å². The second-order valence-corrected chi connectivity index (χ2v) is 7.14. The summed E-state index contributed by atoms with van der Waals surface area (Å²) in [5, 5.41) is 13.8. The molecule has 0 saturated carbocycles. The van der Waals surface area contributed by atoms with E-state index in [0.717, 1.165) is 16.5 Å². The summed E-state index contributed by atoms with van der Waals surface area (Å²) in [6, 6.07) is 9.72. The zero-order valence-electron chi connectivity index (χ0n) is 15.6. The molecule has 1 aliphatic rings. The second-order valence-electron chi connectivity index (χ2n) is 7.14. The number of aryl methyl sites for hydroxylation is 1. The molecule has 2 unspecified atom stereocenters. The first kappa shape index (κ1) is 18.6. The summed E-state index contributed by atoms with van der Waals surface area (Å²) in [6.07, 6.45) is 2.29. The number of aliphatic hydroxyl groups excluding tert-OH is 1. The Bertz CT molecular complexity index is 1000. The molecule has 28 heavy (non-hydrogen) atoms. The number of hydrogen-bond donors (Lipinski definition) is 2. The lowest BCUT2D eigenvalue weighted by Crippen LogP contribution is -2.48. The van der Waals surface area contributed by atoms with Gasteiger partial charge in [-0.2, -0.15) is 0 Å². The van der Waals surface area contributed by atoms with E-state index in [1.165, 1.54) is 12.1 Å². The van der Waals surface area contributed by atoms with Gasteiger partial charge < -0.3 is 19.7 Å². The van der Waals surface area contributed by atoms with Crippen LogP contribution in [0.25, 0.3) is 11.0 Å². The first-order valence-electron chi connectivity index (χ1n) is 9.27. The highest BCUT2D eigenvalue weighted by Crippen LogP contribution is 2.23. The van der Waals surface area contributed by atoms with E-state index in [0.29, 0.717) is 30.8 Å². The maximum Gasteiger partial charge on any atom is 0.270 e. The van der Waals surface area contributed by atoms with Crippen LogP contribution in [0, 0.1) is 5.82 Å². The minimum Gasteiger partial charge on any atom is -0.389 e. The van der Waals surface area contributed by atoms with Gasteiger partial charge in [-0.25, -0.2) is 9.37 Å². The lowest BCUT2D eigenvalue weighted by Gasteiger charge is -2.28. The fraction of sp³-hybridized carbons (Fsp3) is 0.333. The van der Waals surface area contributed by atoms with E-state index < -0.39 is 6.10 Å². The van der Waals surface area contributed by atoms with Gasteiger partial charge in [0, 0.05) is 25.2 Å². The van der Waals surface area contributed by atoms with Crippen LogP contribution in [-0.2, 0) is 18.2 Å². The average Bonchev–Trinajstić information content (AvgIpc) is 3.07. The number of amides is 1. The number of nitrogens with zero attached hydrogens (tertiary/aromatic N) is 2. The van der Waals surface area contributed by atoms with Crippen molar-refractivity contribution in [1.82, 2.24) is 14.9 Å². The molecule has 0 bridgehead atoms. The maximum atomic E-state index is 13.2. The normalized spacial score (nSPS) is 19.7. The van der Waals surface area contributed by atoms with Gasteiger partial charge in [-0.15, -0.1) is 0 Å². The van der Waals surface area contributed by atoms with Crippen molar-refractivity contribution in [1.29, 1.82) is 0 Å². The highest BCUT2D eigenvalue weighted by molar-refractivity contribution is 5.95. The zero-order chi connectivity index (χ0) is 19.7. The first-order chi connectivity index (χ1) is 13.5. The molecule has 1 aliphatic heterocycles. The van der Waals surface area contributed by atoms with Crippen molar-refractivity contribution < 1.29 is 19.0 Å². The molecule has 1 saturated heterocycles. The van der Waals surface area contributed by atoms with Gasteiger partial charge in [0.25, 0.3) is 5.91 Å². The average molecular weight is 383 g/mol. The molecule has 3 heterocycles. The molecule has 6 nitrogen and oxygen atoms in total. The minimum absolute atomic E-state index is 0.213. The van der Waals surface area contributed by atoms with Crippen LogP contribution >= 0.6 is 0 Å². The van der Waals surface area contributed by atoms with Crippen LogP contribution in [0.1, 0.15) is 28.0 Å². The Kier molecular flexibility index (Phi) is 5.11. The van der Waals surface area contributed by atoms with Gasteiger partial charge in [-0.05, 0) is 48.2 Å². The standard InChI is InChI=1S/C21H22FN3O3/c1-25-8-6-16-14(10-13-2-4-15(22)5-3-13)11-18(23-20(16)25)21(27)24-17-7-9-28-12-19(17)26/h2-6,8,11,17,19,26H,7,9-10,12H2,1H3,(H,24,27). The van der Waals surface area contributed by atoms with Gasteiger partial charge >= 0.3 is 0 Å². The Morgan fingerprint density at radius 1 is 1.36 bits per heavy atom. The van der Waals surface area contributed by atoms with Crippen LogP contribution in [0.4, 0.5) is 4.39 Å². The molecule has 1 aromatic carbocycles. The topological polar surface area (TPSA) is 76.4 Å². The van der Waals surface area contributed by atoms with E-state index in [-0.39, 0.29) is 24.4 Å². The molecular weight excluding hydrogens is 361 g/mol. The van der Waals surface area contributed by atoms with Gasteiger partial charge in [0.15, 0.2) is 0 Å². The number of aromatic nitrogens is 2. The molecule has 2 N–H and O–H groups in total. The molecule has 2 atom stereocenters. The smallest absolute Gasteiger partial charge is 0.270 e. The van der Waals surface area contributed by atoms with Crippen molar-refractivity contribution in [3.63, 3.8) is 0 Å². The Morgan fingerprint density at radius 3 is 2.89 bits per heavy atom. The fourth-order valence-electron chi connectivity index (χ4n) is 3.52. The van der Waals surface area contributed by atoms with Crippen molar-refractivity contribution in [3.8, 4) is 0 Å². The van der Waals surface area contributed by atoms with Crippen LogP contribution in [0.2, 0.25) is 0 Å². The summed E-state index contributed by atoms with van der Waals surface area (Å²) >= 11 is 0. The third-order valence-corrected chi connectivity index (χ3v) is 5.11. The molecular formula is C21H22FN3O3. The molecule has 1 amide bonds.